The van der Waals surface area contributed by atoms with Crippen LogP contribution < -0.4 is 0 Å². The maximum Gasteiger partial charge on any atom is 0.164 e. The number of aromatic nitrogens is 3. The summed E-state index contributed by atoms with van der Waals surface area (Å²) in [7, 11) is 0. The van der Waals surface area contributed by atoms with E-state index in [2.05, 4.69) is 48.5 Å². The molecule has 0 aliphatic carbocycles. The van der Waals surface area contributed by atoms with Gasteiger partial charge in [-0.15, -0.1) is 0 Å². The second kappa shape index (κ2) is 9.75. The Labute approximate surface area is 252 Å². The van der Waals surface area contributed by atoms with E-state index in [1.54, 1.807) is 0 Å². The van der Waals surface area contributed by atoms with Crippen LogP contribution in [0.4, 0.5) is 0 Å². The monoisotopic (exact) mass is 565 g/mol. The van der Waals surface area contributed by atoms with Gasteiger partial charge in [0.25, 0.3) is 0 Å². The van der Waals surface area contributed by atoms with Crippen LogP contribution in [-0.2, 0) is 0 Å². The summed E-state index contributed by atoms with van der Waals surface area (Å²) in [5.74, 6) is 1.76. The van der Waals surface area contributed by atoms with E-state index in [-0.39, 0.29) is 0 Å². The van der Waals surface area contributed by atoms with Gasteiger partial charge in [0.1, 0.15) is 22.3 Å². The van der Waals surface area contributed by atoms with E-state index in [1.165, 1.54) is 0 Å². The standard InChI is InChI=1S/C39H23N3O2/c1-3-11-24(12-4-1)27-16-9-17-29-28-22-21-26(23-34(28)44-36(27)29)38-40-37(25-13-5-2-6-14-25)41-39(42-38)31-18-10-20-33-35(31)30-15-7-8-19-32(30)43-33/h1-23H. The Morgan fingerprint density at radius 2 is 1.00 bits per heavy atom. The SMILES string of the molecule is c1ccc(-c2nc(-c3ccc4c(c3)oc3c(-c5ccccc5)cccc34)nc(-c3cccc4oc5ccccc5c34)n2)cc1. The van der Waals surface area contributed by atoms with Crippen molar-refractivity contribution in [2.45, 2.75) is 0 Å². The van der Waals surface area contributed by atoms with Crippen LogP contribution in [0.15, 0.2) is 148 Å². The van der Waals surface area contributed by atoms with Gasteiger partial charge in [0.15, 0.2) is 17.5 Å². The van der Waals surface area contributed by atoms with E-state index >= 15 is 0 Å². The van der Waals surface area contributed by atoms with Crippen molar-refractivity contribution >= 4 is 43.9 Å². The van der Waals surface area contributed by atoms with Crippen molar-refractivity contribution in [2.24, 2.45) is 0 Å². The second-order valence-electron chi connectivity index (χ2n) is 10.8. The number of rotatable bonds is 4. The highest BCUT2D eigenvalue weighted by atomic mass is 16.3. The lowest BCUT2D eigenvalue weighted by Crippen LogP contribution is -2.00. The van der Waals surface area contributed by atoms with Gasteiger partial charge in [0.2, 0.25) is 0 Å². The van der Waals surface area contributed by atoms with Crippen molar-refractivity contribution in [3.8, 4) is 45.3 Å². The number of para-hydroxylation sites is 2. The maximum atomic E-state index is 6.54. The van der Waals surface area contributed by atoms with Crippen LogP contribution in [0.25, 0.3) is 89.2 Å². The molecule has 0 saturated heterocycles. The fourth-order valence-electron chi connectivity index (χ4n) is 6.09. The minimum atomic E-state index is 0.573. The van der Waals surface area contributed by atoms with Crippen molar-refractivity contribution in [3.63, 3.8) is 0 Å². The first-order chi connectivity index (χ1) is 21.8. The van der Waals surface area contributed by atoms with Gasteiger partial charge in [0, 0.05) is 43.8 Å². The highest BCUT2D eigenvalue weighted by Crippen LogP contribution is 2.39. The number of fused-ring (bicyclic) bond motifs is 6. The molecule has 6 aromatic carbocycles. The predicted molar refractivity (Wildman–Crippen MR) is 176 cm³/mol. The molecular formula is C39H23N3O2. The Balaban J connectivity index is 1.26. The minimum absolute atomic E-state index is 0.573. The fourth-order valence-corrected chi connectivity index (χ4v) is 6.09. The zero-order valence-corrected chi connectivity index (χ0v) is 23.4. The number of furan rings is 2. The highest BCUT2D eigenvalue weighted by Gasteiger charge is 2.19. The van der Waals surface area contributed by atoms with Gasteiger partial charge >= 0.3 is 0 Å². The summed E-state index contributed by atoms with van der Waals surface area (Å²) in [6, 6.07) is 46.9. The number of hydrogen-bond donors (Lipinski definition) is 0. The molecule has 0 atom stereocenters. The summed E-state index contributed by atoms with van der Waals surface area (Å²) in [6.45, 7) is 0. The first-order valence-electron chi connectivity index (χ1n) is 14.5. The molecule has 0 aliphatic rings. The van der Waals surface area contributed by atoms with Gasteiger partial charge < -0.3 is 8.83 Å². The molecule has 44 heavy (non-hydrogen) atoms. The molecule has 0 aliphatic heterocycles. The molecule has 5 nitrogen and oxygen atoms in total. The molecule has 206 valence electrons. The van der Waals surface area contributed by atoms with Crippen molar-refractivity contribution < 1.29 is 8.83 Å². The fraction of sp³-hybridized carbons (Fsp3) is 0. The van der Waals surface area contributed by atoms with Gasteiger partial charge in [-0.05, 0) is 29.8 Å². The van der Waals surface area contributed by atoms with Gasteiger partial charge in [-0.2, -0.15) is 0 Å². The van der Waals surface area contributed by atoms with E-state index in [9.17, 15) is 0 Å². The van der Waals surface area contributed by atoms with Crippen LogP contribution in [0, 0.1) is 0 Å². The summed E-state index contributed by atoms with van der Waals surface area (Å²) in [5, 5.41) is 4.14. The number of nitrogens with zero attached hydrogens (tertiary/aromatic N) is 3. The predicted octanol–water partition coefficient (Wildman–Crippen LogP) is 10.3. The van der Waals surface area contributed by atoms with Gasteiger partial charge in [0.05, 0.1) is 0 Å². The van der Waals surface area contributed by atoms with E-state index in [1.807, 2.05) is 91.0 Å². The largest absolute Gasteiger partial charge is 0.456 e. The van der Waals surface area contributed by atoms with Crippen LogP contribution in [0.5, 0.6) is 0 Å². The number of hydrogen-bond acceptors (Lipinski definition) is 5. The van der Waals surface area contributed by atoms with E-state index in [0.29, 0.717) is 17.5 Å². The average Bonchev–Trinajstić information content (AvgIpc) is 3.67. The maximum absolute atomic E-state index is 6.54. The van der Waals surface area contributed by atoms with Crippen molar-refractivity contribution in [2.75, 3.05) is 0 Å². The average molecular weight is 566 g/mol. The first-order valence-corrected chi connectivity index (χ1v) is 14.5. The summed E-state index contributed by atoms with van der Waals surface area (Å²) in [4.78, 5) is 15.0. The van der Waals surface area contributed by atoms with E-state index in [4.69, 9.17) is 23.8 Å². The summed E-state index contributed by atoms with van der Waals surface area (Å²) in [5.41, 5.74) is 8.12. The Morgan fingerprint density at radius 3 is 1.84 bits per heavy atom. The van der Waals surface area contributed by atoms with Crippen molar-refractivity contribution in [3.05, 3.63) is 140 Å². The van der Waals surface area contributed by atoms with Gasteiger partial charge in [-0.25, -0.2) is 15.0 Å². The molecular weight excluding hydrogens is 542 g/mol. The molecule has 0 unspecified atom stereocenters. The molecule has 0 bridgehead atoms. The van der Waals surface area contributed by atoms with E-state index in [0.717, 1.165) is 71.7 Å². The summed E-state index contributed by atoms with van der Waals surface area (Å²) in [6.07, 6.45) is 0. The van der Waals surface area contributed by atoms with E-state index < -0.39 is 0 Å². The molecule has 0 radical (unpaired) electrons. The molecule has 0 fully saturated rings. The van der Waals surface area contributed by atoms with Gasteiger partial charge in [-0.1, -0.05) is 115 Å². The summed E-state index contributed by atoms with van der Waals surface area (Å²) < 4.78 is 12.7. The van der Waals surface area contributed by atoms with Crippen LogP contribution in [0.3, 0.4) is 0 Å². The van der Waals surface area contributed by atoms with Crippen LogP contribution in [0.2, 0.25) is 0 Å². The Hall–Kier alpha value is -6.07. The Morgan fingerprint density at radius 1 is 0.364 bits per heavy atom. The second-order valence-corrected chi connectivity index (χ2v) is 10.8. The van der Waals surface area contributed by atoms with Crippen molar-refractivity contribution in [1.82, 2.24) is 15.0 Å². The zero-order valence-electron chi connectivity index (χ0n) is 23.4. The first kappa shape index (κ1) is 24.5. The summed E-state index contributed by atoms with van der Waals surface area (Å²) >= 11 is 0. The lowest BCUT2D eigenvalue weighted by atomic mass is 10.0. The molecule has 0 N–H and O–H groups in total. The third-order valence-corrected chi connectivity index (χ3v) is 8.15. The lowest BCUT2D eigenvalue weighted by Gasteiger charge is -2.09. The zero-order chi connectivity index (χ0) is 29.0. The quantitative estimate of drug-likeness (QED) is 0.212. The molecule has 0 amide bonds. The smallest absolute Gasteiger partial charge is 0.164 e. The van der Waals surface area contributed by atoms with Crippen molar-refractivity contribution in [1.29, 1.82) is 0 Å². The molecule has 3 heterocycles. The number of benzene rings is 6. The third kappa shape index (κ3) is 3.91. The third-order valence-electron chi connectivity index (χ3n) is 8.15. The lowest BCUT2D eigenvalue weighted by molar-refractivity contribution is 0.669. The molecule has 9 rings (SSSR count). The Kier molecular flexibility index (Phi) is 5.43. The minimum Gasteiger partial charge on any atom is -0.456 e. The van der Waals surface area contributed by atoms with Gasteiger partial charge in [-0.3, -0.25) is 0 Å². The van der Waals surface area contributed by atoms with Crippen LogP contribution in [0.1, 0.15) is 0 Å². The topological polar surface area (TPSA) is 65.0 Å². The molecule has 0 spiro atoms. The molecule has 3 aromatic heterocycles. The molecule has 9 aromatic rings. The Bertz CT molecular complexity index is 2500. The highest BCUT2D eigenvalue weighted by molar-refractivity contribution is 6.12. The van der Waals surface area contributed by atoms with Crippen LogP contribution in [-0.4, -0.2) is 15.0 Å². The molecule has 0 saturated carbocycles. The van der Waals surface area contributed by atoms with Crippen LogP contribution >= 0.6 is 0 Å². The molecule has 5 heteroatoms. The normalized spacial score (nSPS) is 11.6.